The molecule has 6 heteroatoms. The van der Waals surface area contributed by atoms with E-state index in [0.29, 0.717) is 34.9 Å². The summed E-state index contributed by atoms with van der Waals surface area (Å²) in [6, 6.07) is 42.3. The highest BCUT2D eigenvalue weighted by Gasteiger charge is 2.25. The van der Waals surface area contributed by atoms with Crippen LogP contribution in [0, 0.1) is 55.4 Å². The number of aromatic nitrogens is 6. The molecule has 0 saturated carbocycles. The summed E-state index contributed by atoms with van der Waals surface area (Å²) in [5.41, 5.74) is 14.9. The highest BCUT2D eigenvalue weighted by Crippen LogP contribution is 2.44. The monoisotopic (exact) mass is 752 g/mol. The van der Waals surface area contributed by atoms with Gasteiger partial charge < -0.3 is 0 Å². The van der Waals surface area contributed by atoms with Crippen molar-refractivity contribution in [3.05, 3.63) is 166 Å². The fraction of sp³-hybridized carbons (Fsp3) is 0.154. The van der Waals surface area contributed by atoms with E-state index in [2.05, 4.69) is 177 Å². The summed E-state index contributed by atoms with van der Waals surface area (Å²) < 4.78 is 0. The van der Waals surface area contributed by atoms with Crippen molar-refractivity contribution < 1.29 is 0 Å². The van der Waals surface area contributed by atoms with Crippen LogP contribution < -0.4 is 0 Å². The maximum atomic E-state index is 5.37. The standard InChI is InChI=1S/C52H44N6/c1-29-17-13-18-30(2)41(29)47-53-48(42-31(3)19-14-20-32(42)4)56-51(55-47)45-37-25-9-11-27-39(37)46(40-28-12-10-26-38(40)45)52-57-49(43-33(5)21-15-22-34(43)6)54-50(58-52)44-35(7)23-16-24-36(44)8/h9-28H,1-8H3. The number of benzene rings is 7. The average molecular weight is 753 g/mol. The van der Waals surface area contributed by atoms with Crippen LogP contribution in [0.15, 0.2) is 121 Å². The molecule has 7 aromatic carbocycles. The van der Waals surface area contributed by atoms with E-state index in [0.717, 1.165) is 99.4 Å². The maximum absolute atomic E-state index is 5.37. The first kappa shape index (κ1) is 36.7. The van der Waals surface area contributed by atoms with Gasteiger partial charge in [-0.1, -0.05) is 121 Å². The highest BCUT2D eigenvalue weighted by atomic mass is 15.0. The van der Waals surface area contributed by atoms with E-state index < -0.39 is 0 Å². The van der Waals surface area contributed by atoms with Crippen LogP contribution in [0.25, 0.3) is 89.9 Å². The molecule has 6 nitrogen and oxygen atoms in total. The van der Waals surface area contributed by atoms with Crippen molar-refractivity contribution in [2.45, 2.75) is 55.4 Å². The van der Waals surface area contributed by atoms with E-state index in [4.69, 9.17) is 29.9 Å². The molecule has 9 rings (SSSR count). The van der Waals surface area contributed by atoms with Crippen LogP contribution in [0.3, 0.4) is 0 Å². The van der Waals surface area contributed by atoms with Gasteiger partial charge in [0.15, 0.2) is 34.9 Å². The summed E-state index contributed by atoms with van der Waals surface area (Å²) in [5, 5.41) is 4.02. The summed E-state index contributed by atoms with van der Waals surface area (Å²) in [6.07, 6.45) is 0. The van der Waals surface area contributed by atoms with Gasteiger partial charge in [-0.15, -0.1) is 0 Å². The van der Waals surface area contributed by atoms with Crippen LogP contribution in [0.2, 0.25) is 0 Å². The molecule has 9 aromatic rings. The Hall–Kier alpha value is -6.92. The van der Waals surface area contributed by atoms with Crippen LogP contribution >= 0.6 is 0 Å². The van der Waals surface area contributed by atoms with Gasteiger partial charge in [0.1, 0.15) is 0 Å². The molecule has 0 amide bonds. The Morgan fingerprint density at radius 1 is 0.207 bits per heavy atom. The Balaban J connectivity index is 1.39. The van der Waals surface area contributed by atoms with Crippen molar-refractivity contribution in [3.8, 4) is 68.3 Å². The lowest BCUT2D eigenvalue weighted by Gasteiger charge is -2.19. The number of rotatable bonds is 6. The molecule has 0 N–H and O–H groups in total. The largest absolute Gasteiger partial charge is 0.208 e. The lowest BCUT2D eigenvalue weighted by Crippen LogP contribution is -2.06. The van der Waals surface area contributed by atoms with E-state index in [9.17, 15) is 0 Å². The fourth-order valence-electron chi connectivity index (χ4n) is 8.70. The van der Waals surface area contributed by atoms with Crippen LogP contribution in [0.5, 0.6) is 0 Å². The molecule has 0 spiro atoms. The summed E-state index contributed by atoms with van der Waals surface area (Å²) in [7, 11) is 0. The average Bonchev–Trinajstić information content (AvgIpc) is 3.19. The van der Waals surface area contributed by atoms with E-state index in [-0.39, 0.29) is 0 Å². The third kappa shape index (κ3) is 6.22. The molecule has 0 fully saturated rings. The van der Waals surface area contributed by atoms with Crippen molar-refractivity contribution in [2.75, 3.05) is 0 Å². The quantitative estimate of drug-likeness (QED) is 0.157. The minimum absolute atomic E-state index is 0.618. The zero-order valence-electron chi connectivity index (χ0n) is 34.2. The van der Waals surface area contributed by atoms with Crippen molar-refractivity contribution in [2.24, 2.45) is 0 Å². The summed E-state index contributed by atoms with van der Waals surface area (Å²) in [5.74, 6) is 3.86. The fourth-order valence-corrected chi connectivity index (χ4v) is 8.70. The zero-order valence-corrected chi connectivity index (χ0v) is 34.2. The summed E-state index contributed by atoms with van der Waals surface area (Å²) >= 11 is 0. The van der Waals surface area contributed by atoms with Gasteiger partial charge in [-0.05, 0) is 121 Å². The van der Waals surface area contributed by atoms with Gasteiger partial charge >= 0.3 is 0 Å². The van der Waals surface area contributed by atoms with Gasteiger partial charge in [0.2, 0.25) is 0 Å². The molecule has 2 aromatic heterocycles. The van der Waals surface area contributed by atoms with Gasteiger partial charge in [-0.25, -0.2) is 29.9 Å². The number of hydrogen-bond donors (Lipinski definition) is 0. The first-order valence-electron chi connectivity index (χ1n) is 19.8. The highest BCUT2D eigenvalue weighted by molar-refractivity contribution is 6.20. The topological polar surface area (TPSA) is 77.3 Å². The number of fused-ring (bicyclic) bond motifs is 2. The van der Waals surface area contributed by atoms with Crippen LogP contribution in [0.4, 0.5) is 0 Å². The molecule has 0 aliphatic carbocycles. The number of hydrogen-bond acceptors (Lipinski definition) is 6. The number of aryl methyl sites for hydroxylation is 8. The number of nitrogens with zero attached hydrogens (tertiary/aromatic N) is 6. The normalized spacial score (nSPS) is 11.4. The third-order valence-electron chi connectivity index (χ3n) is 11.5. The summed E-state index contributed by atoms with van der Waals surface area (Å²) in [4.78, 5) is 31.9. The lowest BCUT2D eigenvalue weighted by atomic mass is 9.90. The van der Waals surface area contributed by atoms with Crippen LogP contribution in [-0.4, -0.2) is 29.9 Å². The van der Waals surface area contributed by atoms with Crippen molar-refractivity contribution in [1.29, 1.82) is 0 Å². The second kappa shape index (κ2) is 14.5. The minimum atomic E-state index is 0.618. The van der Waals surface area contributed by atoms with Gasteiger partial charge in [0.25, 0.3) is 0 Å². The Bertz CT molecular complexity index is 2620. The minimum Gasteiger partial charge on any atom is -0.208 e. The van der Waals surface area contributed by atoms with Crippen molar-refractivity contribution in [1.82, 2.24) is 29.9 Å². The van der Waals surface area contributed by atoms with Gasteiger partial charge in [0.05, 0.1) is 0 Å². The lowest BCUT2D eigenvalue weighted by molar-refractivity contribution is 1.06. The predicted molar refractivity (Wildman–Crippen MR) is 239 cm³/mol. The molecule has 0 unspecified atom stereocenters. The molecule has 0 aliphatic heterocycles. The van der Waals surface area contributed by atoms with Crippen molar-refractivity contribution in [3.63, 3.8) is 0 Å². The Morgan fingerprint density at radius 2 is 0.379 bits per heavy atom. The Morgan fingerprint density at radius 3 is 0.569 bits per heavy atom. The second-order valence-electron chi connectivity index (χ2n) is 15.5. The second-order valence-corrected chi connectivity index (χ2v) is 15.5. The van der Waals surface area contributed by atoms with E-state index in [1.54, 1.807) is 0 Å². The zero-order chi connectivity index (χ0) is 40.2. The van der Waals surface area contributed by atoms with Gasteiger partial charge in [-0.3, -0.25) is 0 Å². The maximum Gasteiger partial charge on any atom is 0.165 e. The molecule has 0 aliphatic rings. The van der Waals surface area contributed by atoms with E-state index in [1.165, 1.54) is 0 Å². The Kier molecular flexibility index (Phi) is 9.20. The first-order valence-corrected chi connectivity index (χ1v) is 19.8. The smallest absolute Gasteiger partial charge is 0.165 e. The molecule has 0 radical (unpaired) electrons. The first-order chi connectivity index (χ1) is 28.1. The van der Waals surface area contributed by atoms with Crippen molar-refractivity contribution >= 4 is 21.5 Å². The molecule has 2 heterocycles. The van der Waals surface area contributed by atoms with Crippen LogP contribution in [0.1, 0.15) is 44.5 Å². The molecule has 282 valence electrons. The molecule has 58 heavy (non-hydrogen) atoms. The summed E-state index contributed by atoms with van der Waals surface area (Å²) in [6.45, 7) is 17.0. The molecular weight excluding hydrogens is 709 g/mol. The SMILES string of the molecule is Cc1cccc(C)c1-c1nc(-c2c(C)cccc2C)nc(-c2c3ccccc3c(-c3nc(-c4c(C)cccc4C)nc(-c4c(C)cccc4C)n3)c3ccccc23)n1. The van der Waals surface area contributed by atoms with Gasteiger partial charge in [0, 0.05) is 33.4 Å². The van der Waals surface area contributed by atoms with Gasteiger partial charge in [-0.2, -0.15) is 0 Å². The molecule has 0 saturated heterocycles. The third-order valence-corrected chi connectivity index (χ3v) is 11.5. The van der Waals surface area contributed by atoms with Crippen LogP contribution in [-0.2, 0) is 0 Å². The Labute approximate surface area is 339 Å². The molecule has 0 bridgehead atoms. The molecule has 0 atom stereocenters. The molecular formula is C52H44N6. The van der Waals surface area contributed by atoms with E-state index >= 15 is 0 Å². The van der Waals surface area contributed by atoms with E-state index in [1.807, 2.05) is 0 Å². The predicted octanol–water partition coefficient (Wildman–Crippen LogP) is 12.8.